The fourth-order valence-corrected chi connectivity index (χ4v) is 5.28. The zero-order valence-electron chi connectivity index (χ0n) is 11.9. The normalized spacial score (nSPS) is 13.6. The van der Waals surface area contributed by atoms with Gasteiger partial charge < -0.3 is 9.84 Å². The van der Waals surface area contributed by atoms with Gasteiger partial charge in [-0.15, -0.1) is 11.3 Å². The Bertz CT molecular complexity index is 597. The third-order valence-electron chi connectivity index (χ3n) is 2.77. The highest BCUT2D eigenvalue weighted by Crippen LogP contribution is 2.32. The van der Waals surface area contributed by atoms with Crippen LogP contribution >= 0.6 is 27.3 Å². The molecule has 0 radical (unpaired) electrons. The van der Waals surface area contributed by atoms with E-state index in [0.29, 0.717) is 6.61 Å². The van der Waals surface area contributed by atoms with Crippen LogP contribution in [0.1, 0.15) is 30.4 Å². The monoisotopic (exact) mass is 399 g/mol. The second kappa shape index (κ2) is 7.68. The van der Waals surface area contributed by atoms with Crippen LogP contribution in [0.25, 0.3) is 0 Å². The van der Waals surface area contributed by atoms with Gasteiger partial charge in [0.2, 0.25) is 10.0 Å². The number of sulfonamides is 1. The molecule has 1 atom stereocenters. The number of nitrogens with one attached hydrogen (secondary N) is 1. The minimum atomic E-state index is -3.81. The van der Waals surface area contributed by atoms with Crippen molar-refractivity contribution in [3.8, 4) is 0 Å². The van der Waals surface area contributed by atoms with Crippen molar-refractivity contribution < 1.29 is 23.1 Å². The summed E-state index contributed by atoms with van der Waals surface area (Å²) < 4.78 is 32.9. The van der Waals surface area contributed by atoms with E-state index in [4.69, 9.17) is 9.84 Å². The summed E-state index contributed by atoms with van der Waals surface area (Å²) in [5.41, 5.74) is 0. The molecule has 0 aromatic carbocycles. The Morgan fingerprint density at radius 3 is 2.57 bits per heavy atom. The van der Waals surface area contributed by atoms with Gasteiger partial charge in [0.1, 0.15) is 9.77 Å². The fourth-order valence-electron chi connectivity index (χ4n) is 1.51. The Morgan fingerprint density at radius 1 is 1.52 bits per heavy atom. The summed E-state index contributed by atoms with van der Waals surface area (Å²) in [5, 5.41) is 8.93. The zero-order chi connectivity index (χ0) is 16.2. The summed E-state index contributed by atoms with van der Waals surface area (Å²) in [4.78, 5) is 10.8. The Labute approximate surface area is 136 Å². The van der Waals surface area contributed by atoms with Crippen LogP contribution in [0.5, 0.6) is 0 Å². The minimum Gasteiger partial charge on any atom is -0.477 e. The lowest BCUT2D eigenvalue weighted by Crippen LogP contribution is -2.41. The molecule has 0 amide bonds. The quantitative estimate of drug-likeness (QED) is 0.700. The first-order valence-corrected chi connectivity index (χ1v) is 9.41. The topological polar surface area (TPSA) is 92.7 Å². The molecule has 1 aromatic heterocycles. The Balaban J connectivity index is 3.01. The van der Waals surface area contributed by atoms with Crippen LogP contribution in [0.3, 0.4) is 0 Å². The van der Waals surface area contributed by atoms with Gasteiger partial charge in [-0.1, -0.05) is 13.8 Å². The molecule has 21 heavy (non-hydrogen) atoms. The third kappa shape index (κ3) is 5.03. The summed E-state index contributed by atoms with van der Waals surface area (Å²) in [6.45, 7) is 6.37. The van der Waals surface area contributed by atoms with Crippen molar-refractivity contribution in [2.75, 3.05) is 13.2 Å². The van der Waals surface area contributed by atoms with Gasteiger partial charge in [0.05, 0.1) is 10.4 Å². The highest BCUT2D eigenvalue weighted by atomic mass is 79.9. The average Bonchev–Trinajstić information content (AvgIpc) is 2.77. The summed E-state index contributed by atoms with van der Waals surface area (Å²) >= 11 is 3.98. The SMILES string of the molecule is CCOCC(NS(=O)(=O)c1cc(C(=O)O)sc1Br)C(C)C. The highest BCUT2D eigenvalue weighted by molar-refractivity contribution is 9.11. The van der Waals surface area contributed by atoms with Gasteiger partial charge in [-0.25, -0.2) is 17.9 Å². The molecular weight excluding hydrogens is 382 g/mol. The summed E-state index contributed by atoms with van der Waals surface area (Å²) in [6.07, 6.45) is 0. The molecule has 2 N–H and O–H groups in total. The second-order valence-corrected chi connectivity index (χ2v) is 8.74. The average molecular weight is 400 g/mol. The lowest BCUT2D eigenvalue weighted by atomic mass is 10.1. The van der Waals surface area contributed by atoms with E-state index in [-0.39, 0.29) is 32.1 Å². The van der Waals surface area contributed by atoms with E-state index < -0.39 is 16.0 Å². The minimum absolute atomic E-state index is 0.0341. The molecule has 0 spiro atoms. The number of thiophene rings is 1. The molecule has 6 nitrogen and oxygen atoms in total. The maximum absolute atomic E-state index is 12.4. The number of aromatic carboxylic acids is 1. The van der Waals surface area contributed by atoms with Crippen LogP contribution in [0.2, 0.25) is 0 Å². The summed E-state index contributed by atoms with van der Waals surface area (Å²) in [5.74, 6) is -1.11. The van der Waals surface area contributed by atoms with Crippen molar-refractivity contribution in [2.45, 2.75) is 31.7 Å². The molecule has 1 aromatic rings. The van der Waals surface area contributed by atoms with Crippen molar-refractivity contribution >= 4 is 43.3 Å². The molecule has 0 aliphatic rings. The van der Waals surface area contributed by atoms with Crippen molar-refractivity contribution in [2.24, 2.45) is 5.92 Å². The van der Waals surface area contributed by atoms with Crippen LogP contribution in [0.15, 0.2) is 14.7 Å². The van der Waals surface area contributed by atoms with Gasteiger partial charge in [0.25, 0.3) is 0 Å². The number of hydrogen-bond acceptors (Lipinski definition) is 5. The van der Waals surface area contributed by atoms with Gasteiger partial charge >= 0.3 is 5.97 Å². The Kier molecular flexibility index (Phi) is 6.79. The maximum Gasteiger partial charge on any atom is 0.345 e. The molecule has 120 valence electrons. The molecule has 1 unspecified atom stereocenters. The summed E-state index contributed by atoms with van der Waals surface area (Å²) in [6, 6.07) is 0.771. The number of ether oxygens (including phenoxy) is 1. The lowest BCUT2D eigenvalue weighted by molar-refractivity contribution is 0.0702. The smallest absolute Gasteiger partial charge is 0.345 e. The Morgan fingerprint density at radius 2 is 2.14 bits per heavy atom. The van der Waals surface area contributed by atoms with Crippen LogP contribution in [-0.2, 0) is 14.8 Å². The van der Waals surface area contributed by atoms with Crippen molar-refractivity contribution in [1.29, 1.82) is 0 Å². The molecule has 0 bridgehead atoms. The molecule has 0 fully saturated rings. The van der Waals surface area contributed by atoms with Crippen LogP contribution in [-0.4, -0.2) is 38.7 Å². The first kappa shape index (κ1) is 18.6. The molecule has 1 rings (SSSR count). The fraction of sp³-hybridized carbons (Fsp3) is 0.583. The number of carboxylic acid groups (broad SMARTS) is 1. The Hall–Kier alpha value is -0.480. The molecular formula is C12H18BrNO5S2. The van der Waals surface area contributed by atoms with Gasteiger partial charge in [-0.2, -0.15) is 0 Å². The molecule has 0 aliphatic carbocycles. The largest absolute Gasteiger partial charge is 0.477 e. The maximum atomic E-state index is 12.4. The van der Waals surface area contributed by atoms with Crippen molar-refractivity contribution in [1.82, 2.24) is 4.72 Å². The standard InChI is InChI=1S/C12H18BrNO5S2/c1-4-19-6-8(7(2)3)14-21(17,18)10-5-9(12(15)16)20-11(10)13/h5,7-8,14H,4,6H2,1-3H3,(H,15,16). The van der Waals surface area contributed by atoms with E-state index in [2.05, 4.69) is 20.7 Å². The number of halogens is 1. The number of carbonyl (C=O) groups is 1. The number of hydrogen-bond donors (Lipinski definition) is 2. The van der Waals surface area contributed by atoms with E-state index in [1.165, 1.54) is 0 Å². The summed E-state index contributed by atoms with van der Waals surface area (Å²) in [7, 11) is -3.81. The molecule has 9 heteroatoms. The van der Waals surface area contributed by atoms with Crippen molar-refractivity contribution in [3.05, 3.63) is 14.7 Å². The van der Waals surface area contributed by atoms with E-state index in [1.807, 2.05) is 20.8 Å². The molecule has 0 aliphatic heterocycles. The predicted octanol–water partition coefficient (Wildman–Crippen LogP) is 2.55. The molecule has 1 heterocycles. The lowest BCUT2D eigenvalue weighted by Gasteiger charge is -2.21. The van der Waals surface area contributed by atoms with Gasteiger partial charge in [-0.3, -0.25) is 0 Å². The highest BCUT2D eigenvalue weighted by Gasteiger charge is 2.27. The van der Waals surface area contributed by atoms with E-state index in [0.717, 1.165) is 17.4 Å². The van der Waals surface area contributed by atoms with E-state index in [1.54, 1.807) is 0 Å². The number of rotatable bonds is 8. The van der Waals surface area contributed by atoms with Crippen LogP contribution < -0.4 is 4.72 Å². The van der Waals surface area contributed by atoms with Crippen LogP contribution in [0.4, 0.5) is 0 Å². The van der Waals surface area contributed by atoms with Gasteiger partial charge in [-0.05, 0) is 34.8 Å². The first-order chi connectivity index (χ1) is 9.69. The second-order valence-electron chi connectivity index (χ2n) is 4.69. The van der Waals surface area contributed by atoms with Crippen molar-refractivity contribution in [3.63, 3.8) is 0 Å². The zero-order valence-corrected chi connectivity index (χ0v) is 15.1. The van der Waals surface area contributed by atoms with Crippen LogP contribution in [0, 0.1) is 5.92 Å². The van der Waals surface area contributed by atoms with Gasteiger partial charge in [0.15, 0.2) is 0 Å². The molecule has 0 saturated carbocycles. The first-order valence-electron chi connectivity index (χ1n) is 6.31. The predicted molar refractivity (Wildman–Crippen MR) is 84.4 cm³/mol. The van der Waals surface area contributed by atoms with E-state index >= 15 is 0 Å². The molecule has 0 saturated heterocycles. The van der Waals surface area contributed by atoms with Gasteiger partial charge in [0, 0.05) is 12.6 Å². The third-order valence-corrected chi connectivity index (χ3v) is 6.50. The van der Waals surface area contributed by atoms with E-state index in [9.17, 15) is 13.2 Å². The number of carboxylic acids is 1.